The fraction of sp³-hybridized carbons (Fsp3) is 0.440. The number of aromatic nitrogens is 3. The van der Waals surface area contributed by atoms with Crippen molar-refractivity contribution in [1.82, 2.24) is 25.2 Å². The van der Waals surface area contributed by atoms with Gasteiger partial charge in [-0.25, -0.2) is 4.98 Å². The van der Waals surface area contributed by atoms with Gasteiger partial charge >= 0.3 is 0 Å². The topological polar surface area (TPSA) is 113 Å². The van der Waals surface area contributed by atoms with Gasteiger partial charge in [-0.15, -0.1) is 0 Å². The third kappa shape index (κ3) is 5.55. The lowest BCUT2D eigenvalue weighted by molar-refractivity contribution is -0.122. The van der Waals surface area contributed by atoms with Gasteiger partial charge in [0.25, 0.3) is 11.5 Å². The Labute approximate surface area is 215 Å². The summed E-state index contributed by atoms with van der Waals surface area (Å²) in [6.07, 6.45) is 1.60. The van der Waals surface area contributed by atoms with Crippen LogP contribution in [-0.2, 0) is 4.79 Å². The van der Waals surface area contributed by atoms with Gasteiger partial charge in [-0.1, -0.05) is 11.6 Å². The molecule has 3 aromatic rings. The van der Waals surface area contributed by atoms with E-state index in [1.165, 1.54) is 7.05 Å². The zero-order valence-corrected chi connectivity index (χ0v) is 21.9. The molecule has 1 amide bonds. The van der Waals surface area contributed by atoms with E-state index in [4.69, 9.17) is 21.3 Å². The highest BCUT2D eigenvalue weighted by molar-refractivity contribution is 6.32. The number of amides is 1. The Kier molecular flexibility index (Phi) is 7.65. The van der Waals surface area contributed by atoms with E-state index in [1.54, 1.807) is 16.8 Å². The van der Waals surface area contributed by atoms with E-state index < -0.39 is 0 Å². The number of pyridine rings is 1. The number of anilines is 3. The number of hydrogen-bond donors (Lipinski definition) is 3. The second kappa shape index (κ2) is 10.7. The number of carbonyl (C=O) groups excluding carboxylic acids is 1. The van der Waals surface area contributed by atoms with Gasteiger partial charge in [0.15, 0.2) is 18.2 Å². The minimum atomic E-state index is -0.316. The number of likely N-dealkylation sites (N-methyl/N-ethyl adjacent to an activating group) is 1. The Morgan fingerprint density at radius 1 is 1.25 bits per heavy atom. The largest absolute Gasteiger partial charge is 0.478 e. The molecule has 1 fully saturated rings. The molecular weight excluding hydrogens is 482 g/mol. The van der Waals surface area contributed by atoms with Crippen LogP contribution in [0.2, 0.25) is 5.02 Å². The number of piperazine rings is 1. The molecule has 11 heteroatoms. The molecule has 0 unspecified atom stereocenters. The van der Waals surface area contributed by atoms with Crippen LogP contribution in [0.3, 0.4) is 0 Å². The molecule has 36 heavy (non-hydrogen) atoms. The van der Waals surface area contributed by atoms with E-state index in [2.05, 4.69) is 39.7 Å². The molecule has 0 radical (unpaired) electrons. The van der Waals surface area contributed by atoms with Crippen LogP contribution in [0.25, 0.3) is 10.9 Å². The first-order chi connectivity index (χ1) is 17.2. The first-order valence-corrected chi connectivity index (χ1v) is 12.4. The quantitative estimate of drug-likeness (QED) is 0.442. The van der Waals surface area contributed by atoms with Crippen LogP contribution in [0.4, 0.5) is 17.5 Å². The summed E-state index contributed by atoms with van der Waals surface area (Å²) in [5, 5.41) is 10.5. The second-order valence-corrected chi connectivity index (χ2v) is 9.79. The van der Waals surface area contributed by atoms with Crippen LogP contribution in [0.1, 0.15) is 33.7 Å². The van der Waals surface area contributed by atoms with Crippen LogP contribution < -0.4 is 31.1 Å². The van der Waals surface area contributed by atoms with E-state index in [9.17, 15) is 9.59 Å². The Bertz CT molecular complexity index is 1320. The molecule has 1 aromatic carbocycles. The Balaban J connectivity index is 1.67. The van der Waals surface area contributed by atoms with Gasteiger partial charge in [-0.3, -0.25) is 9.59 Å². The maximum Gasteiger partial charge on any atom is 0.293 e. The molecule has 4 rings (SSSR count). The van der Waals surface area contributed by atoms with Crippen LogP contribution in [0.5, 0.6) is 5.75 Å². The summed E-state index contributed by atoms with van der Waals surface area (Å²) in [4.78, 5) is 36.0. The molecule has 0 aliphatic carbocycles. The molecule has 192 valence electrons. The van der Waals surface area contributed by atoms with Crippen molar-refractivity contribution in [1.29, 1.82) is 0 Å². The number of ether oxygens (including phenoxy) is 1. The van der Waals surface area contributed by atoms with Crippen LogP contribution in [0.15, 0.2) is 35.3 Å². The SMILES string of the molecule is CNC(=O)COc1cc2cc(Nc3nc(N4C[C@@H](C)N[C@@H](C)C4)ncc3Cl)ccc2n(C(C)C)c1=O. The van der Waals surface area contributed by atoms with Crippen molar-refractivity contribution < 1.29 is 9.53 Å². The van der Waals surface area contributed by atoms with Crippen molar-refractivity contribution in [3.63, 3.8) is 0 Å². The summed E-state index contributed by atoms with van der Waals surface area (Å²) in [5.74, 6) is 0.902. The van der Waals surface area contributed by atoms with Crippen molar-refractivity contribution in [2.75, 3.05) is 37.0 Å². The summed E-state index contributed by atoms with van der Waals surface area (Å²) in [6.45, 7) is 9.48. The Morgan fingerprint density at radius 2 is 1.97 bits per heavy atom. The molecule has 0 saturated carbocycles. The van der Waals surface area contributed by atoms with E-state index in [1.807, 2.05) is 32.0 Å². The van der Waals surface area contributed by atoms with E-state index in [-0.39, 0.29) is 29.9 Å². The van der Waals surface area contributed by atoms with Crippen molar-refractivity contribution >= 4 is 45.9 Å². The molecule has 1 aliphatic heterocycles. The molecule has 2 aromatic heterocycles. The average molecular weight is 514 g/mol. The minimum Gasteiger partial charge on any atom is -0.478 e. The molecule has 0 spiro atoms. The predicted octanol–water partition coefficient (Wildman–Crippen LogP) is 3.08. The number of carbonyl (C=O) groups is 1. The normalized spacial score (nSPS) is 17.9. The summed E-state index contributed by atoms with van der Waals surface area (Å²) < 4.78 is 7.20. The number of nitrogens with zero attached hydrogens (tertiary/aromatic N) is 4. The van der Waals surface area contributed by atoms with Gasteiger partial charge in [0.2, 0.25) is 5.95 Å². The highest BCUT2D eigenvalue weighted by atomic mass is 35.5. The number of rotatable bonds is 7. The minimum absolute atomic E-state index is 0.106. The monoisotopic (exact) mass is 513 g/mol. The predicted molar refractivity (Wildman–Crippen MR) is 143 cm³/mol. The van der Waals surface area contributed by atoms with Crippen molar-refractivity contribution in [2.45, 2.75) is 45.8 Å². The zero-order valence-electron chi connectivity index (χ0n) is 21.1. The summed E-state index contributed by atoms with van der Waals surface area (Å²) in [5.41, 5.74) is 1.21. The number of halogens is 1. The van der Waals surface area contributed by atoms with Crippen molar-refractivity contribution in [2.24, 2.45) is 0 Å². The summed E-state index contributed by atoms with van der Waals surface area (Å²) in [7, 11) is 1.52. The molecule has 3 heterocycles. The maximum atomic E-state index is 13.0. The van der Waals surface area contributed by atoms with Crippen LogP contribution >= 0.6 is 11.6 Å². The lowest BCUT2D eigenvalue weighted by Gasteiger charge is -2.36. The summed E-state index contributed by atoms with van der Waals surface area (Å²) >= 11 is 6.44. The molecule has 3 N–H and O–H groups in total. The lowest BCUT2D eigenvalue weighted by atomic mass is 10.1. The van der Waals surface area contributed by atoms with Crippen LogP contribution in [0, 0.1) is 0 Å². The molecular formula is C25H32ClN7O3. The molecule has 1 saturated heterocycles. The van der Waals surface area contributed by atoms with Gasteiger partial charge in [-0.2, -0.15) is 4.98 Å². The fourth-order valence-corrected chi connectivity index (χ4v) is 4.59. The third-order valence-corrected chi connectivity index (χ3v) is 6.27. The molecule has 10 nitrogen and oxygen atoms in total. The Hall–Kier alpha value is -3.37. The number of benzene rings is 1. The van der Waals surface area contributed by atoms with Crippen molar-refractivity contribution in [3.05, 3.63) is 45.8 Å². The number of hydrogen-bond acceptors (Lipinski definition) is 8. The van der Waals surface area contributed by atoms with Gasteiger partial charge in [0.05, 0.1) is 11.7 Å². The van der Waals surface area contributed by atoms with E-state index >= 15 is 0 Å². The standard InChI is InChI=1S/C25H32ClN7O3/c1-14(2)33-20-7-6-18(8-17(20)9-21(24(33)35)36-13-22(34)27-5)30-23-19(26)10-28-25(31-23)32-11-15(3)29-16(4)12-32/h6-10,14-16,29H,11-13H2,1-5H3,(H,27,34)(H,28,30,31)/t15-,16+. The highest BCUT2D eigenvalue weighted by Crippen LogP contribution is 2.29. The third-order valence-electron chi connectivity index (χ3n) is 5.99. The lowest BCUT2D eigenvalue weighted by Crippen LogP contribution is -2.54. The molecule has 0 bridgehead atoms. The first kappa shape index (κ1) is 25.7. The van der Waals surface area contributed by atoms with E-state index in [0.717, 1.165) is 29.7 Å². The summed E-state index contributed by atoms with van der Waals surface area (Å²) in [6, 6.07) is 7.83. The number of fused-ring (bicyclic) bond motifs is 1. The van der Waals surface area contributed by atoms with Gasteiger partial charge in [0, 0.05) is 49.3 Å². The van der Waals surface area contributed by atoms with Crippen LogP contribution in [-0.4, -0.2) is 59.3 Å². The highest BCUT2D eigenvalue weighted by Gasteiger charge is 2.23. The van der Waals surface area contributed by atoms with Crippen molar-refractivity contribution in [3.8, 4) is 5.75 Å². The van der Waals surface area contributed by atoms with Gasteiger partial charge in [0.1, 0.15) is 5.02 Å². The molecule has 1 aliphatic rings. The number of nitrogens with one attached hydrogen (secondary N) is 3. The average Bonchev–Trinajstić information content (AvgIpc) is 2.83. The maximum absolute atomic E-state index is 13.0. The smallest absolute Gasteiger partial charge is 0.293 e. The Morgan fingerprint density at radius 3 is 2.64 bits per heavy atom. The molecule has 2 atom stereocenters. The first-order valence-electron chi connectivity index (χ1n) is 12.0. The second-order valence-electron chi connectivity index (χ2n) is 9.38. The fourth-order valence-electron chi connectivity index (χ4n) is 4.45. The van der Waals surface area contributed by atoms with Gasteiger partial charge < -0.3 is 30.2 Å². The van der Waals surface area contributed by atoms with Gasteiger partial charge in [-0.05, 0) is 52.0 Å². The zero-order chi connectivity index (χ0) is 26.0. The van der Waals surface area contributed by atoms with E-state index in [0.29, 0.717) is 28.9 Å².